The van der Waals surface area contributed by atoms with Gasteiger partial charge in [-0.05, 0) is 65.4 Å². The first-order valence-electron chi connectivity index (χ1n) is 8.68. The molecule has 0 aromatic heterocycles. The van der Waals surface area contributed by atoms with Gasteiger partial charge in [0, 0.05) is 0 Å². The van der Waals surface area contributed by atoms with Crippen LogP contribution in [0, 0.1) is 3.57 Å². The van der Waals surface area contributed by atoms with Crippen molar-refractivity contribution in [1.29, 1.82) is 0 Å². The lowest BCUT2D eigenvalue weighted by Gasteiger charge is -2.13. The first-order valence-corrected chi connectivity index (χ1v) is 9.76. The molecule has 0 atom stereocenters. The van der Waals surface area contributed by atoms with Crippen molar-refractivity contribution in [3.8, 4) is 11.5 Å². The number of amides is 1. The van der Waals surface area contributed by atoms with Gasteiger partial charge in [-0.25, -0.2) is 4.79 Å². The number of carbonyl (C=O) groups excluding carboxylic acids is 2. The summed E-state index contributed by atoms with van der Waals surface area (Å²) in [7, 11) is 2.81. The largest absolute Gasteiger partial charge is 0.493 e. The molecule has 7 nitrogen and oxygen atoms in total. The number of rotatable bonds is 6. The number of benzene rings is 2. The van der Waals surface area contributed by atoms with E-state index in [2.05, 4.69) is 32.4 Å². The highest BCUT2D eigenvalue weighted by molar-refractivity contribution is 14.1. The predicted octanol–water partition coefficient (Wildman–Crippen LogP) is 3.66. The van der Waals surface area contributed by atoms with Crippen molar-refractivity contribution >= 4 is 51.9 Å². The van der Waals surface area contributed by atoms with E-state index in [1.807, 2.05) is 36.4 Å². The fourth-order valence-corrected chi connectivity index (χ4v) is 3.53. The van der Waals surface area contributed by atoms with E-state index in [1.54, 1.807) is 19.1 Å². The number of methoxy groups -OCH3 is 2. The van der Waals surface area contributed by atoms with Crippen LogP contribution in [0.5, 0.6) is 11.5 Å². The number of esters is 1. The monoisotopic (exact) mass is 506 g/mol. The number of halogens is 1. The maximum atomic E-state index is 12.9. The summed E-state index contributed by atoms with van der Waals surface area (Å²) in [6.07, 6.45) is 1.76. The zero-order valence-corrected chi connectivity index (χ0v) is 18.3. The van der Waals surface area contributed by atoms with E-state index in [0.29, 0.717) is 28.5 Å². The van der Waals surface area contributed by atoms with Crippen LogP contribution < -0.4 is 14.5 Å². The standard InChI is InChI=1S/C21H19IN2O5/c1-13-16(21(26)24(23-13)15-7-5-4-6-8-15)9-14-10-17(22)20(18(11-14)27-2)29-12-19(25)28-3/h4-11H,12H2,1-3H3/b16-9+. The van der Waals surface area contributed by atoms with Crippen molar-refractivity contribution in [2.75, 3.05) is 25.8 Å². The summed E-state index contributed by atoms with van der Waals surface area (Å²) in [6, 6.07) is 12.8. The van der Waals surface area contributed by atoms with Crippen LogP contribution in [0.15, 0.2) is 53.1 Å². The molecule has 0 N–H and O–H groups in total. The van der Waals surface area contributed by atoms with Crippen molar-refractivity contribution in [3.05, 3.63) is 57.2 Å². The molecule has 0 fully saturated rings. The van der Waals surface area contributed by atoms with Crippen LogP contribution in [0.25, 0.3) is 6.08 Å². The Morgan fingerprint density at radius 3 is 2.59 bits per heavy atom. The Bertz CT molecular complexity index is 1000. The van der Waals surface area contributed by atoms with Crippen LogP contribution >= 0.6 is 22.6 Å². The average molecular weight is 506 g/mol. The minimum atomic E-state index is -0.488. The highest BCUT2D eigenvalue weighted by Gasteiger charge is 2.28. The van der Waals surface area contributed by atoms with Crippen LogP contribution in [0.4, 0.5) is 5.69 Å². The molecular weight excluding hydrogens is 487 g/mol. The number of nitrogens with zero attached hydrogens (tertiary/aromatic N) is 2. The fourth-order valence-electron chi connectivity index (χ4n) is 2.75. The third-order valence-corrected chi connectivity index (χ3v) is 4.99. The molecule has 150 valence electrons. The zero-order valence-electron chi connectivity index (χ0n) is 16.1. The highest BCUT2D eigenvalue weighted by atomic mass is 127. The van der Waals surface area contributed by atoms with Crippen LogP contribution in [-0.2, 0) is 14.3 Å². The number of hydrogen-bond donors (Lipinski definition) is 0. The molecule has 0 radical (unpaired) electrons. The van der Waals surface area contributed by atoms with E-state index in [1.165, 1.54) is 19.2 Å². The quantitative estimate of drug-likeness (QED) is 0.340. The molecule has 0 bridgehead atoms. The summed E-state index contributed by atoms with van der Waals surface area (Å²) < 4.78 is 16.3. The molecule has 1 amide bonds. The van der Waals surface area contributed by atoms with Gasteiger partial charge in [-0.1, -0.05) is 18.2 Å². The van der Waals surface area contributed by atoms with Crippen LogP contribution in [0.2, 0.25) is 0 Å². The van der Waals surface area contributed by atoms with E-state index < -0.39 is 5.97 Å². The van der Waals surface area contributed by atoms with E-state index >= 15 is 0 Å². The van der Waals surface area contributed by atoms with Gasteiger partial charge in [0.2, 0.25) is 0 Å². The van der Waals surface area contributed by atoms with Crippen molar-refractivity contribution in [1.82, 2.24) is 0 Å². The zero-order chi connectivity index (χ0) is 21.0. The molecule has 3 rings (SSSR count). The molecule has 2 aromatic rings. The Morgan fingerprint density at radius 2 is 1.93 bits per heavy atom. The molecule has 0 aliphatic carbocycles. The third-order valence-electron chi connectivity index (χ3n) is 4.19. The summed E-state index contributed by atoms with van der Waals surface area (Å²) in [5, 5.41) is 5.77. The molecule has 1 heterocycles. The maximum Gasteiger partial charge on any atom is 0.343 e. The van der Waals surface area contributed by atoms with Crippen LogP contribution in [-0.4, -0.2) is 38.4 Å². The normalized spacial score (nSPS) is 14.8. The minimum absolute atomic E-state index is 0.200. The summed E-state index contributed by atoms with van der Waals surface area (Å²) in [4.78, 5) is 24.2. The first kappa shape index (κ1) is 20.8. The van der Waals surface area contributed by atoms with E-state index in [9.17, 15) is 9.59 Å². The molecule has 0 spiro atoms. The van der Waals surface area contributed by atoms with Gasteiger partial charge in [-0.2, -0.15) is 10.1 Å². The highest BCUT2D eigenvalue weighted by Crippen LogP contribution is 2.35. The smallest absolute Gasteiger partial charge is 0.343 e. The Balaban J connectivity index is 1.90. The van der Waals surface area contributed by atoms with Gasteiger partial charge in [-0.3, -0.25) is 4.79 Å². The van der Waals surface area contributed by atoms with Gasteiger partial charge in [0.05, 0.1) is 34.8 Å². The van der Waals surface area contributed by atoms with E-state index in [0.717, 1.165) is 9.13 Å². The number of anilines is 1. The number of carbonyl (C=O) groups is 2. The second kappa shape index (κ2) is 9.08. The van der Waals surface area contributed by atoms with Crippen molar-refractivity contribution < 1.29 is 23.8 Å². The van der Waals surface area contributed by atoms with Crippen LogP contribution in [0.3, 0.4) is 0 Å². The van der Waals surface area contributed by atoms with Crippen LogP contribution in [0.1, 0.15) is 12.5 Å². The van der Waals surface area contributed by atoms with Gasteiger partial charge in [0.25, 0.3) is 5.91 Å². The average Bonchev–Trinajstić information content (AvgIpc) is 3.01. The second-order valence-corrected chi connectivity index (χ2v) is 7.26. The lowest BCUT2D eigenvalue weighted by atomic mass is 10.1. The minimum Gasteiger partial charge on any atom is -0.493 e. The number of hydrazone groups is 1. The van der Waals surface area contributed by atoms with E-state index in [4.69, 9.17) is 9.47 Å². The molecule has 29 heavy (non-hydrogen) atoms. The van der Waals surface area contributed by atoms with Gasteiger partial charge in [0.1, 0.15) is 0 Å². The van der Waals surface area contributed by atoms with E-state index in [-0.39, 0.29) is 12.5 Å². The number of hydrogen-bond acceptors (Lipinski definition) is 6. The molecule has 0 saturated carbocycles. The van der Waals surface area contributed by atoms with Crippen molar-refractivity contribution in [2.24, 2.45) is 5.10 Å². The molecule has 1 aliphatic rings. The Hall–Kier alpha value is -2.88. The molecular formula is C21H19IN2O5. The van der Waals surface area contributed by atoms with Gasteiger partial charge in [0.15, 0.2) is 18.1 Å². The summed E-state index contributed by atoms with van der Waals surface area (Å²) >= 11 is 2.09. The molecule has 0 saturated heterocycles. The van der Waals surface area contributed by atoms with Gasteiger partial charge in [-0.15, -0.1) is 0 Å². The summed E-state index contributed by atoms with van der Waals surface area (Å²) in [6.45, 7) is 1.57. The Labute approximate surface area is 182 Å². The lowest BCUT2D eigenvalue weighted by molar-refractivity contribution is -0.142. The Kier molecular flexibility index (Phi) is 6.53. The van der Waals surface area contributed by atoms with Crippen molar-refractivity contribution in [3.63, 3.8) is 0 Å². The fraction of sp³-hybridized carbons (Fsp3) is 0.190. The lowest BCUT2D eigenvalue weighted by Crippen LogP contribution is -2.21. The molecule has 1 aliphatic heterocycles. The maximum absolute atomic E-state index is 12.9. The van der Waals surface area contributed by atoms with Crippen molar-refractivity contribution in [2.45, 2.75) is 6.92 Å². The predicted molar refractivity (Wildman–Crippen MR) is 118 cm³/mol. The number of ether oxygens (including phenoxy) is 3. The van der Waals surface area contributed by atoms with Gasteiger partial charge < -0.3 is 14.2 Å². The number of para-hydroxylation sites is 1. The molecule has 8 heteroatoms. The SMILES string of the molecule is COC(=O)COc1c(I)cc(/C=C2/C(=O)N(c3ccccc3)N=C2C)cc1OC. The molecule has 2 aromatic carbocycles. The first-order chi connectivity index (χ1) is 13.9. The summed E-state index contributed by atoms with van der Waals surface area (Å²) in [5.74, 6) is 0.203. The van der Waals surface area contributed by atoms with Gasteiger partial charge >= 0.3 is 5.97 Å². The molecule has 0 unspecified atom stereocenters. The summed E-state index contributed by atoms with van der Waals surface area (Å²) in [5.41, 5.74) is 2.58. The third kappa shape index (κ3) is 4.58. The topological polar surface area (TPSA) is 77.4 Å². The second-order valence-electron chi connectivity index (χ2n) is 6.09. The Morgan fingerprint density at radius 1 is 1.21 bits per heavy atom.